The van der Waals surface area contributed by atoms with Gasteiger partial charge in [-0.25, -0.2) is 0 Å². The highest BCUT2D eigenvalue weighted by molar-refractivity contribution is 5.96. The van der Waals surface area contributed by atoms with Crippen molar-refractivity contribution in [1.82, 2.24) is 4.90 Å². The first-order valence-electron chi connectivity index (χ1n) is 7.49. The third kappa shape index (κ3) is 3.67. The van der Waals surface area contributed by atoms with Crippen LogP contribution in [-0.4, -0.2) is 37.0 Å². The molecule has 21 heavy (non-hydrogen) atoms. The van der Waals surface area contributed by atoms with Crippen molar-refractivity contribution in [3.8, 4) is 5.75 Å². The van der Waals surface area contributed by atoms with Crippen LogP contribution in [-0.2, 0) is 4.79 Å². The minimum absolute atomic E-state index is 0.0209. The van der Waals surface area contributed by atoms with Crippen LogP contribution in [0.15, 0.2) is 18.2 Å². The zero-order valence-corrected chi connectivity index (χ0v) is 13.1. The molecule has 1 unspecified atom stereocenters. The van der Waals surface area contributed by atoms with E-state index in [1.165, 1.54) is 25.7 Å². The maximum atomic E-state index is 12.4. The Morgan fingerprint density at radius 1 is 1.43 bits per heavy atom. The summed E-state index contributed by atoms with van der Waals surface area (Å²) in [6.07, 6.45) is 4.88. The average Bonchev–Trinajstić information content (AvgIpc) is 3.01. The van der Waals surface area contributed by atoms with Gasteiger partial charge in [0, 0.05) is 17.8 Å². The Balaban J connectivity index is 2.03. The number of amides is 1. The summed E-state index contributed by atoms with van der Waals surface area (Å²) in [4.78, 5) is 14.6. The molecule has 0 aromatic heterocycles. The first kappa shape index (κ1) is 15.6. The number of nitrogens with one attached hydrogen (secondary N) is 1. The molecule has 2 rings (SSSR count). The van der Waals surface area contributed by atoms with E-state index in [4.69, 9.17) is 10.5 Å². The number of nitrogens with zero attached hydrogens (tertiary/aromatic N) is 1. The molecule has 116 valence electrons. The molecule has 1 aromatic rings. The summed E-state index contributed by atoms with van der Waals surface area (Å²) in [6, 6.07) is 5.58. The van der Waals surface area contributed by atoms with Gasteiger partial charge in [-0.3, -0.25) is 9.69 Å². The topological polar surface area (TPSA) is 67.6 Å². The highest BCUT2D eigenvalue weighted by Gasteiger charge is 2.27. The van der Waals surface area contributed by atoms with E-state index in [9.17, 15) is 4.79 Å². The number of rotatable bonds is 5. The summed E-state index contributed by atoms with van der Waals surface area (Å²) >= 11 is 0. The van der Waals surface area contributed by atoms with Crippen LogP contribution >= 0.6 is 0 Å². The number of benzene rings is 1. The van der Waals surface area contributed by atoms with Gasteiger partial charge in [0.15, 0.2) is 0 Å². The normalized spacial score (nSPS) is 17.0. The van der Waals surface area contributed by atoms with Gasteiger partial charge < -0.3 is 15.8 Å². The number of nitrogen functional groups attached to an aromatic ring is 1. The molecular formula is C16H25N3O2. The summed E-state index contributed by atoms with van der Waals surface area (Å²) in [5.74, 6) is 0.562. The van der Waals surface area contributed by atoms with Crippen LogP contribution in [0.3, 0.4) is 0 Å². The number of hydrogen-bond donors (Lipinski definition) is 2. The fourth-order valence-electron chi connectivity index (χ4n) is 2.86. The molecule has 0 saturated heterocycles. The average molecular weight is 291 g/mol. The molecule has 1 fully saturated rings. The molecule has 3 N–H and O–H groups in total. The highest BCUT2D eigenvalue weighted by atomic mass is 16.5. The van der Waals surface area contributed by atoms with E-state index in [0.29, 0.717) is 23.2 Å². The number of ether oxygens (including phenoxy) is 1. The van der Waals surface area contributed by atoms with Gasteiger partial charge in [-0.2, -0.15) is 0 Å². The molecule has 1 amide bonds. The first-order valence-corrected chi connectivity index (χ1v) is 7.49. The van der Waals surface area contributed by atoms with Gasteiger partial charge in [0.2, 0.25) is 5.91 Å². The van der Waals surface area contributed by atoms with Crippen molar-refractivity contribution in [2.45, 2.75) is 44.7 Å². The molecule has 5 nitrogen and oxygen atoms in total. The number of nitrogens with two attached hydrogens (primary N) is 1. The monoisotopic (exact) mass is 291 g/mol. The third-order valence-corrected chi connectivity index (χ3v) is 4.37. The number of methoxy groups -OCH3 is 1. The number of anilines is 2. The molecule has 0 bridgehead atoms. The standard InChI is InChI=1S/C16H25N3O2/c1-11(19(2)13-6-4-5-7-13)16(20)18-14-9-8-12(17)10-15(14)21-3/h8-11,13H,4-7,17H2,1-3H3,(H,18,20). The third-order valence-electron chi connectivity index (χ3n) is 4.37. The molecule has 1 aliphatic carbocycles. The Kier molecular flexibility index (Phi) is 5.07. The predicted octanol–water partition coefficient (Wildman–Crippen LogP) is 2.48. The smallest absolute Gasteiger partial charge is 0.241 e. The second-order valence-electron chi connectivity index (χ2n) is 5.73. The molecule has 1 saturated carbocycles. The van der Waals surface area contributed by atoms with Crippen LogP contribution in [0.25, 0.3) is 0 Å². The Morgan fingerprint density at radius 2 is 2.10 bits per heavy atom. The number of carbonyl (C=O) groups excluding carboxylic acids is 1. The molecule has 0 heterocycles. The second kappa shape index (κ2) is 6.80. The summed E-state index contributed by atoms with van der Waals surface area (Å²) in [5, 5.41) is 2.93. The van der Waals surface area contributed by atoms with Gasteiger partial charge in [-0.1, -0.05) is 12.8 Å². The summed E-state index contributed by atoms with van der Waals surface area (Å²) in [6.45, 7) is 1.94. The lowest BCUT2D eigenvalue weighted by atomic mass is 10.1. The van der Waals surface area contributed by atoms with E-state index >= 15 is 0 Å². The molecule has 1 aliphatic rings. The largest absolute Gasteiger partial charge is 0.494 e. The summed E-state index contributed by atoms with van der Waals surface area (Å²) in [7, 11) is 3.60. The zero-order chi connectivity index (χ0) is 15.4. The van der Waals surface area contributed by atoms with E-state index in [2.05, 4.69) is 10.2 Å². The van der Waals surface area contributed by atoms with Crippen LogP contribution < -0.4 is 15.8 Å². The van der Waals surface area contributed by atoms with Gasteiger partial charge in [0.25, 0.3) is 0 Å². The van der Waals surface area contributed by atoms with Crippen molar-refractivity contribution in [3.63, 3.8) is 0 Å². The van der Waals surface area contributed by atoms with E-state index in [0.717, 1.165) is 0 Å². The predicted molar refractivity (Wildman–Crippen MR) is 85.5 cm³/mol. The summed E-state index contributed by atoms with van der Waals surface area (Å²) < 4.78 is 5.26. The van der Waals surface area contributed by atoms with E-state index in [1.807, 2.05) is 14.0 Å². The van der Waals surface area contributed by atoms with E-state index < -0.39 is 0 Å². The minimum atomic E-state index is -0.171. The quantitative estimate of drug-likeness (QED) is 0.818. The highest BCUT2D eigenvalue weighted by Crippen LogP contribution is 2.28. The first-order chi connectivity index (χ1) is 10.0. The maximum absolute atomic E-state index is 12.4. The van der Waals surface area contributed by atoms with Crippen LogP contribution in [0.2, 0.25) is 0 Å². The molecule has 0 aliphatic heterocycles. The van der Waals surface area contributed by atoms with Gasteiger partial charge in [-0.15, -0.1) is 0 Å². The van der Waals surface area contributed by atoms with Crippen LogP contribution in [0.1, 0.15) is 32.6 Å². The van der Waals surface area contributed by atoms with E-state index in [-0.39, 0.29) is 11.9 Å². The number of likely N-dealkylation sites (N-methyl/N-ethyl adjacent to an activating group) is 1. The van der Waals surface area contributed by atoms with Crippen molar-refractivity contribution in [2.75, 3.05) is 25.2 Å². The van der Waals surface area contributed by atoms with Crippen LogP contribution in [0.5, 0.6) is 5.75 Å². The number of carbonyl (C=O) groups is 1. The van der Waals surface area contributed by atoms with Crippen molar-refractivity contribution in [2.24, 2.45) is 0 Å². The minimum Gasteiger partial charge on any atom is -0.494 e. The SMILES string of the molecule is COc1cc(N)ccc1NC(=O)C(C)N(C)C1CCCC1. The van der Waals surface area contributed by atoms with Crippen molar-refractivity contribution < 1.29 is 9.53 Å². The molecule has 1 aromatic carbocycles. The van der Waals surface area contributed by atoms with Crippen molar-refractivity contribution in [3.05, 3.63) is 18.2 Å². The van der Waals surface area contributed by atoms with Crippen molar-refractivity contribution >= 4 is 17.3 Å². The van der Waals surface area contributed by atoms with E-state index in [1.54, 1.807) is 25.3 Å². The van der Waals surface area contributed by atoms with Gasteiger partial charge in [0.1, 0.15) is 5.75 Å². The molecular weight excluding hydrogens is 266 g/mol. The fourth-order valence-corrected chi connectivity index (χ4v) is 2.86. The van der Waals surface area contributed by atoms with Gasteiger partial charge in [0.05, 0.1) is 18.8 Å². The number of hydrogen-bond acceptors (Lipinski definition) is 4. The lowest BCUT2D eigenvalue weighted by Crippen LogP contribution is -2.44. The lowest BCUT2D eigenvalue weighted by molar-refractivity contribution is -0.121. The Morgan fingerprint density at radius 3 is 2.71 bits per heavy atom. The van der Waals surface area contributed by atoms with Crippen LogP contribution in [0, 0.1) is 0 Å². The fraction of sp³-hybridized carbons (Fsp3) is 0.562. The molecule has 5 heteroatoms. The maximum Gasteiger partial charge on any atom is 0.241 e. The summed E-state index contributed by atoms with van der Waals surface area (Å²) in [5.41, 5.74) is 6.99. The van der Waals surface area contributed by atoms with Crippen LogP contribution in [0.4, 0.5) is 11.4 Å². The lowest BCUT2D eigenvalue weighted by Gasteiger charge is -2.29. The Labute approximate surface area is 126 Å². The van der Waals surface area contributed by atoms with Crippen molar-refractivity contribution in [1.29, 1.82) is 0 Å². The Hall–Kier alpha value is -1.75. The molecule has 0 spiro atoms. The van der Waals surface area contributed by atoms with Gasteiger partial charge >= 0.3 is 0 Å². The Bertz CT molecular complexity index is 498. The zero-order valence-electron chi connectivity index (χ0n) is 13.1. The van der Waals surface area contributed by atoms with Gasteiger partial charge in [-0.05, 0) is 38.9 Å². The molecule has 0 radical (unpaired) electrons. The molecule has 1 atom stereocenters. The second-order valence-corrected chi connectivity index (χ2v) is 5.73.